The fourth-order valence-electron chi connectivity index (χ4n) is 1.34. The molecule has 19 heavy (non-hydrogen) atoms. The smallest absolute Gasteiger partial charge is 0.417 e. The number of anilines is 1. The van der Waals surface area contributed by atoms with Gasteiger partial charge in [-0.2, -0.15) is 0 Å². The van der Waals surface area contributed by atoms with Crippen molar-refractivity contribution in [2.75, 3.05) is 4.90 Å². The Morgan fingerprint density at radius 3 is 2.21 bits per heavy atom. The number of carboxylic acids is 1. The molecule has 0 saturated heterocycles. The zero-order chi connectivity index (χ0) is 14.6. The highest BCUT2D eigenvalue weighted by molar-refractivity contribution is 5.94. The Bertz CT molecular complexity index is 455. The van der Waals surface area contributed by atoms with Gasteiger partial charge >= 0.3 is 12.1 Å². The van der Waals surface area contributed by atoms with Crippen LogP contribution in [0.2, 0.25) is 0 Å². The topological polar surface area (TPSA) is 66.8 Å². The lowest BCUT2D eigenvalue weighted by molar-refractivity contribution is -0.142. The van der Waals surface area contributed by atoms with Gasteiger partial charge in [0.1, 0.15) is 5.60 Å². The van der Waals surface area contributed by atoms with Gasteiger partial charge in [-0.25, -0.2) is 18.9 Å². The molecule has 1 atom stereocenters. The number of aliphatic carboxylic acids is 1. The van der Waals surface area contributed by atoms with Gasteiger partial charge in [0.25, 0.3) is 6.30 Å². The number of carbonyl (C=O) groups excluding carboxylic acids is 1. The van der Waals surface area contributed by atoms with E-state index in [4.69, 9.17) is 9.84 Å². The Morgan fingerprint density at radius 2 is 1.79 bits per heavy atom. The van der Waals surface area contributed by atoms with E-state index in [1.807, 2.05) is 0 Å². The lowest BCUT2D eigenvalue weighted by Crippen LogP contribution is -2.45. The molecule has 104 valence electrons. The molecule has 0 radical (unpaired) electrons. The molecule has 0 bridgehead atoms. The summed E-state index contributed by atoms with van der Waals surface area (Å²) in [5, 5.41) is 8.74. The first-order chi connectivity index (χ1) is 8.72. The summed E-state index contributed by atoms with van der Waals surface area (Å²) in [7, 11) is 0. The maximum atomic E-state index is 13.7. The molecule has 0 saturated carbocycles. The number of amides is 1. The van der Waals surface area contributed by atoms with Crippen LogP contribution in [0, 0.1) is 0 Å². The molecule has 1 N–H and O–H groups in total. The quantitative estimate of drug-likeness (QED) is 0.857. The molecular weight excluding hydrogens is 253 g/mol. The standard InChI is InChI=1S/C13H16FNO4/c1-13(2,3)19-12(18)15(10(14)11(16)17)9-7-5-4-6-8-9/h4-8,10H,1-3H3,(H,16,17)/t10-/m1/s1. The van der Waals surface area contributed by atoms with Crippen LogP contribution in [0.1, 0.15) is 20.8 Å². The van der Waals surface area contributed by atoms with E-state index in [2.05, 4.69) is 0 Å². The highest BCUT2D eigenvalue weighted by Crippen LogP contribution is 2.21. The first-order valence-corrected chi connectivity index (χ1v) is 5.66. The van der Waals surface area contributed by atoms with E-state index in [-0.39, 0.29) is 5.69 Å². The summed E-state index contributed by atoms with van der Waals surface area (Å²) in [5.41, 5.74) is -0.728. The second-order valence-electron chi connectivity index (χ2n) is 4.86. The van der Waals surface area contributed by atoms with Gasteiger partial charge in [0.2, 0.25) is 0 Å². The predicted molar refractivity (Wildman–Crippen MR) is 67.7 cm³/mol. The van der Waals surface area contributed by atoms with Crippen LogP contribution in [0.4, 0.5) is 14.9 Å². The van der Waals surface area contributed by atoms with Crippen molar-refractivity contribution in [2.24, 2.45) is 0 Å². The van der Waals surface area contributed by atoms with Gasteiger partial charge in [-0.05, 0) is 32.9 Å². The van der Waals surface area contributed by atoms with Gasteiger partial charge in [-0.1, -0.05) is 18.2 Å². The number of carbonyl (C=O) groups is 2. The van der Waals surface area contributed by atoms with Crippen molar-refractivity contribution in [1.82, 2.24) is 0 Å². The fourth-order valence-corrected chi connectivity index (χ4v) is 1.34. The molecule has 0 spiro atoms. The number of halogens is 1. The zero-order valence-corrected chi connectivity index (χ0v) is 11.0. The average molecular weight is 269 g/mol. The fraction of sp³-hybridized carbons (Fsp3) is 0.385. The molecule has 1 rings (SSSR count). The third-order valence-corrected chi connectivity index (χ3v) is 2.06. The van der Waals surface area contributed by atoms with Crippen LogP contribution < -0.4 is 4.90 Å². The second kappa shape index (κ2) is 5.69. The molecule has 0 aliphatic carbocycles. The number of alkyl halides is 1. The molecule has 0 fully saturated rings. The maximum Gasteiger partial charge on any atom is 0.417 e. The first-order valence-electron chi connectivity index (χ1n) is 5.66. The van der Waals surface area contributed by atoms with Crippen LogP contribution >= 0.6 is 0 Å². The van der Waals surface area contributed by atoms with Gasteiger partial charge < -0.3 is 9.84 Å². The summed E-state index contributed by atoms with van der Waals surface area (Å²) in [6.45, 7) is 4.84. The molecule has 6 heteroatoms. The third kappa shape index (κ3) is 4.24. The minimum Gasteiger partial charge on any atom is -0.478 e. The van der Waals surface area contributed by atoms with Crippen molar-refractivity contribution in [1.29, 1.82) is 0 Å². The molecule has 5 nitrogen and oxygen atoms in total. The molecule has 1 amide bonds. The van der Waals surface area contributed by atoms with Gasteiger partial charge in [-0.15, -0.1) is 0 Å². The van der Waals surface area contributed by atoms with Crippen LogP contribution in [0.3, 0.4) is 0 Å². The number of rotatable bonds is 3. The van der Waals surface area contributed by atoms with Gasteiger partial charge in [0.05, 0.1) is 5.69 Å². The van der Waals surface area contributed by atoms with Gasteiger partial charge in [0.15, 0.2) is 0 Å². The lowest BCUT2D eigenvalue weighted by atomic mass is 10.2. The molecule has 0 aliphatic heterocycles. The Balaban J connectivity index is 3.07. The van der Waals surface area contributed by atoms with E-state index < -0.39 is 24.0 Å². The van der Waals surface area contributed by atoms with Crippen molar-refractivity contribution in [3.8, 4) is 0 Å². The van der Waals surface area contributed by atoms with Crippen molar-refractivity contribution in [3.63, 3.8) is 0 Å². The highest BCUT2D eigenvalue weighted by atomic mass is 19.1. The van der Waals surface area contributed by atoms with E-state index >= 15 is 0 Å². The minimum absolute atomic E-state index is 0.117. The SMILES string of the molecule is CC(C)(C)OC(=O)N(c1ccccc1)[C@@H](F)C(=O)O. The monoisotopic (exact) mass is 269 g/mol. The van der Waals surface area contributed by atoms with Crippen LogP contribution in [0.25, 0.3) is 0 Å². The van der Waals surface area contributed by atoms with E-state index in [1.54, 1.807) is 39.0 Å². The van der Waals surface area contributed by atoms with Gasteiger partial charge in [-0.3, -0.25) is 0 Å². The van der Waals surface area contributed by atoms with E-state index in [0.717, 1.165) is 0 Å². The van der Waals surface area contributed by atoms with Crippen LogP contribution in [0.15, 0.2) is 30.3 Å². The Hall–Kier alpha value is -2.11. The van der Waals surface area contributed by atoms with Gasteiger partial charge in [0, 0.05) is 0 Å². The van der Waals surface area contributed by atoms with Crippen molar-refractivity contribution in [2.45, 2.75) is 32.7 Å². The lowest BCUT2D eigenvalue weighted by Gasteiger charge is -2.28. The Labute approximate surface area is 110 Å². The van der Waals surface area contributed by atoms with Crippen molar-refractivity contribution in [3.05, 3.63) is 30.3 Å². The normalized spacial score (nSPS) is 12.6. The molecule has 0 aromatic heterocycles. The summed E-state index contributed by atoms with van der Waals surface area (Å²) >= 11 is 0. The number of benzene rings is 1. The Kier molecular flexibility index (Phi) is 4.47. The molecule has 0 unspecified atom stereocenters. The number of hydrogen-bond donors (Lipinski definition) is 1. The highest BCUT2D eigenvalue weighted by Gasteiger charge is 2.34. The molecule has 0 heterocycles. The average Bonchev–Trinajstić information content (AvgIpc) is 2.28. The molecular formula is C13H16FNO4. The van der Waals surface area contributed by atoms with Crippen LogP contribution in [-0.2, 0) is 9.53 Å². The summed E-state index contributed by atoms with van der Waals surface area (Å²) < 4.78 is 18.7. The summed E-state index contributed by atoms with van der Waals surface area (Å²) in [5.74, 6) is -1.75. The summed E-state index contributed by atoms with van der Waals surface area (Å²) in [4.78, 5) is 23.1. The Morgan fingerprint density at radius 1 is 1.26 bits per heavy atom. The summed E-state index contributed by atoms with van der Waals surface area (Å²) in [6.07, 6.45) is -3.55. The number of ether oxygens (including phenoxy) is 1. The van der Waals surface area contributed by atoms with E-state index in [0.29, 0.717) is 4.90 Å². The van der Waals surface area contributed by atoms with E-state index in [1.165, 1.54) is 12.1 Å². The maximum absolute atomic E-state index is 13.7. The number of nitrogens with zero attached hydrogens (tertiary/aromatic N) is 1. The van der Waals surface area contributed by atoms with Crippen molar-refractivity contribution >= 4 is 17.7 Å². The second-order valence-corrected chi connectivity index (χ2v) is 4.86. The summed E-state index contributed by atoms with van der Waals surface area (Å²) in [6, 6.07) is 7.67. The number of carboxylic acid groups (broad SMARTS) is 1. The van der Waals surface area contributed by atoms with E-state index in [9.17, 15) is 14.0 Å². The molecule has 0 aliphatic rings. The van der Waals surface area contributed by atoms with Crippen molar-refractivity contribution < 1.29 is 23.8 Å². The number of hydrogen-bond acceptors (Lipinski definition) is 3. The molecule has 1 aromatic rings. The molecule has 1 aromatic carbocycles. The third-order valence-electron chi connectivity index (χ3n) is 2.06. The number of para-hydroxylation sites is 1. The minimum atomic E-state index is -2.50. The van der Waals surface area contributed by atoms with Crippen LogP contribution in [0.5, 0.6) is 0 Å². The predicted octanol–water partition coefficient (Wildman–Crippen LogP) is 2.81. The van der Waals surface area contributed by atoms with Crippen LogP contribution in [-0.4, -0.2) is 29.1 Å². The largest absolute Gasteiger partial charge is 0.478 e. The zero-order valence-electron chi connectivity index (χ0n) is 11.0. The first kappa shape index (κ1) is 14.9.